The van der Waals surface area contributed by atoms with Crippen LogP contribution in [0.15, 0.2) is 73.6 Å². The second-order valence-corrected chi connectivity index (χ2v) is 10.1. The van der Waals surface area contributed by atoms with Crippen LogP contribution in [-0.4, -0.2) is 58.4 Å². The smallest absolute Gasteiger partial charge is 0.246 e. The van der Waals surface area contributed by atoms with E-state index in [0.29, 0.717) is 17.0 Å². The Labute approximate surface area is 233 Å². The van der Waals surface area contributed by atoms with Crippen molar-refractivity contribution in [3.8, 4) is 11.5 Å². The number of benzene rings is 1. The molecular weight excluding hydrogens is 560 g/mol. The summed E-state index contributed by atoms with van der Waals surface area (Å²) < 4.78 is 9.68. The predicted octanol–water partition coefficient (Wildman–Crippen LogP) is 5.27. The Hall–Kier alpha value is -4.25. The Morgan fingerprint density at radius 2 is 1.87 bits per heavy atom. The molecule has 39 heavy (non-hydrogen) atoms. The van der Waals surface area contributed by atoms with Gasteiger partial charge in [-0.1, -0.05) is 22.0 Å². The second-order valence-electron chi connectivity index (χ2n) is 9.46. The Kier molecular flexibility index (Phi) is 6.97. The number of hydrogen-bond donors (Lipinski definition) is 1. The number of likely N-dealkylation sites (tertiary alicyclic amines) is 1. The minimum Gasteiger partial charge on any atom is -0.457 e. The molecule has 198 valence electrons. The number of aromatic nitrogens is 6. The van der Waals surface area contributed by atoms with Crippen LogP contribution in [0, 0.1) is 6.92 Å². The molecule has 1 aliphatic heterocycles. The van der Waals surface area contributed by atoms with Crippen molar-refractivity contribution in [1.82, 2.24) is 34.1 Å². The summed E-state index contributed by atoms with van der Waals surface area (Å²) in [4.78, 5) is 23.1. The zero-order valence-electron chi connectivity index (χ0n) is 21.4. The fourth-order valence-corrected chi connectivity index (χ4v) is 5.21. The molecule has 1 amide bonds. The van der Waals surface area contributed by atoms with Gasteiger partial charge in [0, 0.05) is 42.6 Å². The SMILES string of the molecule is Cc1cc(Nc2ncnn3ccc(C4CCN(C(=O)/C=C/CBr)CC4)c23)ccc1Oc1ccn2ncnc2c1. The summed E-state index contributed by atoms with van der Waals surface area (Å²) >= 11 is 3.33. The van der Waals surface area contributed by atoms with Crippen molar-refractivity contribution >= 4 is 44.5 Å². The van der Waals surface area contributed by atoms with Crippen molar-refractivity contribution in [2.24, 2.45) is 0 Å². The molecule has 5 heterocycles. The van der Waals surface area contributed by atoms with Gasteiger partial charge in [0.25, 0.3) is 0 Å². The third kappa shape index (κ3) is 5.22. The lowest BCUT2D eigenvalue weighted by Crippen LogP contribution is -2.36. The fourth-order valence-electron chi connectivity index (χ4n) is 5.03. The zero-order chi connectivity index (χ0) is 26.8. The molecule has 11 heteroatoms. The molecule has 5 aromatic rings. The third-order valence-electron chi connectivity index (χ3n) is 7.00. The minimum atomic E-state index is 0.0715. The molecule has 6 rings (SSSR count). The zero-order valence-corrected chi connectivity index (χ0v) is 23.0. The first-order chi connectivity index (χ1) is 19.1. The van der Waals surface area contributed by atoms with Crippen LogP contribution in [-0.2, 0) is 4.79 Å². The normalized spacial score (nSPS) is 14.5. The van der Waals surface area contributed by atoms with Crippen LogP contribution < -0.4 is 10.1 Å². The van der Waals surface area contributed by atoms with E-state index in [1.807, 2.05) is 65.1 Å². The highest BCUT2D eigenvalue weighted by atomic mass is 79.9. The second kappa shape index (κ2) is 10.9. The number of anilines is 2. The van der Waals surface area contributed by atoms with E-state index in [2.05, 4.69) is 47.5 Å². The van der Waals surface area contributed by atoms with Crippen LogP contribution in [0.4, 0.5) is 11.5 Å². The number of fused-ring (bicyclic) bond motifs is 2. The highest BCUT2D eigenvalue weighted by molar-refractivity contribution is 9.09. The summed E-state index contributed by atoms with van der Waals surface area (Å²) in [5, 5.41) is 12.7. The number of amides is 1. The maximum absolute atomic E-state index is 12.4. The first kappa shape index (κ1) is 25.1. The molecule has 1 aliphatic rings. The monoisotopic (exact) mass is 586 g/mol. The van der Waals surface area contributed by atoms with Gasteiger partial charge in [-0.05, 0) is 73.2 Å². The van der Waals surface area contributed by atoms with Crippen molar-refractivity contribution in [3.05, 3.63) is 84.7 Å². The lowest BCUT2D eigenvalue weighted by molar-refractivity contribution is -0.127. The summed E-state index contributed by atoms with van der Waals surface area (Å²) in [6.45, 7) is 3.47. The number of nitrogens with zero attached hydrogens (tertiary/aromatic N) is 7. The van der Waals surface area contributed by atoms with Gasteiger partial charge in [0.2, 0.25) is 5.91 Å². The van der Waals surface area contributed by atoms with Gasteiger partial charge in [-0.3, -0.25) is 4.79 Å². The number of rotatable bonds is 7. The number of carbonyl (C=O) groups is 1. The maximum atomic E-state index is 12.4. The number of piperidine rings is 1. The number of hydrogen-bond acceptors (Lipinski definition) is 7. The lowest BCUT2D eigenvalue weighted by atomic mass is 9.90. The maximum Gasteiger partial charge on any atom is 0.246 e. The summed E-state index contributed by atoms with van der Waals surface area (Å²) in [5.74, 6) is 2.59. The van der Waals surface area contributed by atoms with E-state index in [4.69, 9.17) is 4.74 Å². The van der Waals surface area contributed by atoms with Crippen molar-refractivity contribution in [2.45, 2.75) is 25.7 Å². The molecule has 4 aromatic heterocycles. The highest BCUT2D eigenvalue weighted by Gasteiger charge is 2.26. The molecule has 0 unspecified atom stereocenters. The van der Waals surface area contributed by atoms with E-state index in [0.717, 1.165) is 59.9 Å². The molecule has 0 radical (unpaired) electrons. The number of aryl methyl sites for hydroxylation is 1. The van der Waals surface area contributed by atoms with Gasteiger partial charge in [-0.15, -0.1) is 0 Å². The molecule has 0 atom stereocenters. The highest BCUT2D eigenvalue weighted by Crippen LogP contribution is 2.35. The number of halogens is 1. The van der Waals surface area contributed by atoms with Gasteiger partial charge in [-0.2, -0.15) is 10.2 Å². The van der Waals surface area contributed by atoms with Gasteiger partial charge in [-0.25, -0.2) is 19.0 Å². The van der Waals surface area contributed by atoms with Crippen molar-refractivity contribution < 1.29 is 9.53 Å². The van der Waals surface area contributed by atoms with Crippen molar-refractivity contribution in [1.29, 1.82) is 0 Å². The summed E-state index contributed by atoms with van der Waals surface area (Å²) in [6.07, 6.45) is 12.1. The van der Waals surface area contributed by atoms with Gasteiger partial charge in [0.05, 0.1) is 0 Å². The van der Waals surface area contributed by atoms with E-state index in [1.165, 1.54) is 11.9 Å². The number of alkyl halides is 1. The summed E-state index contributed by atoms with van der Waals surface area (Å²) in [7, 11) is 0. The average Bonchev–Trinajstić information content (AvgIpc) is 3.61. The quantitative estimate of drug-likeness (QED) is 0.204. The van der Waals surface area contributed by atoms with Crippen LogP contribution in [0.3, 0.4) is 0 Å². The molecule has 0 spiro atoms. The van der Waals surface area contributed by atoms with E-state index in [9.17, 15) is 4.79 Å². The first-order valence-electron chi connectivity index (χ1n) is 12.8. The van der Waals surface area contributed by atoms with Crippen molar-refractivity contribution in [2.75, 3.05) is 23.7 Å². The average molecular weight is 587 g/mol. The number of pyridine rings is 1. The Morgan fingerprint density at radius 1 is 1.08 bits per heavy atom. The van der Waals surface area contributed by atoms with E-state index in [-0.39, 0.29) is 5.91 Å². The Bertz CT molecular complexity index is 1670. The Balaban J connectivity index is 1.19. The fraction of sp³-hybridized carbons (Fsp3) is 0.250. The molecule has 1 N–H and O–H groups in total. The van der Waals surface area contributed by atoms with Gasteiger partial charge in [0.15, 0.2) is 11.5 Å². The van der Waals surface area contributed by atoms with Crippen LogP contribution in [0.1, 0.15) is 29.9 Å². The van der Waals surface area contributed by atoms with Gasteiger partial charge < -0.3 is 15.0 Å². The van der Waals surface area contributed by atoms with Gasteiger partial charge in [0.1, 0.15) is 29.7 Å². The standard InChI is InChI=1S/C28H27BrN8O2/c1-19-15-21(4-5-24(19)39-22-8-13-36-25(16-22)30-17-32-36)34-28-27-23(9-14-37(27)33-18-31-28)20-6-11-35(12-7-20)26(38)3-2-10-29/h2-5,8-9,13-18,20H,6-7,10-12H2,1H3,(H,31,33,34)/b3-2+. The number of ether oxygens (including phenoxy) is 1. The minimum absolute atomic E-state index is 0.0715. The molecule has 1 aromatic carbocycles. The molecule has 1 saturated heterocycles. The molecule has 0 aliphatic carbocycles. The summed E-state index contributed by atoms with van der Waals surface area (Å²) in [5.41, 5.74) is 4.76. The molecule has 0 saturated carbocycles. The van der Waals surface area contributed by atoms with Crippen molar-refractivity contribution in [3.63, 3.8) is 0 Å². The molecule has 10 nitrogen and oxygen atoms in total. The lowest BCUT2D eigenvalue weighted by Gasteiger charge is -2.31. The van der Waals surface area contributed by atoms with Crippen LogP contribution in [0.2, 0.25) is 0 Å². The van der Waals surface area contributed by atoms with E-state index >= 15 is 0 Å². The first-order valence-corrected chi connectivity index (χ1v) is 13.9. The molecule has 0 bridgehead atoms. The number of carbonyl (C=O) groups excluding carboxylic acids is 1. The van der Waals surface area contributed by atoms with Crippen LogP contribution in [0.25, 0.3) is 11.2 Å². The van der Waals surface area contributed by atoms with Crippen LogP contribution >= 0.6 is 15.9 Å². The molecule has 1 fully saturated rings. The molecular formula is C28H27BrN8O2. The van der Waals surface area contributed by atoms with E-state index < -0.39 is 0 Å². The number of allylic oxidation sites excluding steroid dienone is 1. The largest absolute Gasteiger partial charge is 0.457 e. The van der Waals surface area contributed by atoms with Crippen LogP contribution in [0.5, 0.6) is 11.5 Å². The Morgan fingerprint density at radius 3 is 2.69 bits per heavy atom. The summed E-state index contributed by atoms with van der Waals surface area (Å²) in [6, 6.07) is 11.8. The third-order valence-corrected chi connectivity index (χ3v) is 7.37. The predicted molar refractivity (Wildman–Crippen MR) is 152 cm³/mol. The van der Waals surface area contributed by atoms with Gasteiger partial charge >= 0.3 is 0 Å². The topological polar surface area (TPSA) is 102 Å². The van der Waals surface area contributed by atoms with E-state index in [1.54, 1.807) is 16.9 Å². The number of nitrogens with one attached hydrogen (secondary N) is 1.